The second-order valence-electron chi connectivity index (χ2n) is 31.4. The molecule has 6 heteroatoms. The van der Waals surface area contributed by atoms with Gasteiger partial charge in [0.25, 0.3) is 0 Å². The fourth-order valence-electron chi connectivity index (χ4n) is 16.4. The van der Waals surface area contributed by atoms with Gasteiger partial charge in [0, 0.05) is 6.42 Å². The maximum absolute atomic E-state index is 14.3. The highest BCUT2D eigenvalue weighted by Crippen LogP contribution is 2.61. The van der Waals surface area contributed by atoms with Crippen LogP contribution in [0.5, 0.6) is 0 Å². The fourth-order valence-corrected chi connectivity index (χ4v) is 16.4. The van der Waals surface area contributed by atoms with Crippen LogP contribution < -0.4 is 0 Å². The normalized spacial score (nSPS) is 20.9. The van der Waals surface area contributed by atoms with Crippen LogP contribution in [0.15, 0.2) is 0 Å². The first-order valence-electron chi connectivity index (χ1n) is 43.3. The number of ether oxygens (including phenoxy) is 1. The molecule has 0 aromatic carbocycles. The Morgan fingerprint density at radius 3 is 0.522 bits per heavy atom. The molecule has 0 amide bonds. The molecule has 1 heterocycles. The number of aliphatic hydroxyl groups is 5. The Balaban J connectivity index is 3.50. The molecule has 5 unspecified atom stereocenters. The van der Waals surface area contributed by atoms with Crippen LogP contribution >= 0.6 is 0 Å². The Morgan fingerprint density at radius 2 is 0.326 bits per heavy atom. The number of unbranched alkanes of at least 4 members (excludes halogenated alkanes) is 65. The molecular weight excluding hydrogens is 1130 g/mol. The van der Waals surface area contributed by atoms with E-state index in [-0.39, 0.29) is 25.7 Å². The molecule has 1 rings (SSSR count). The molecule has 6 nitrogen and oxygen atoms in total. The first kappa shape index (κ1) is 89.8. The lowest BCUT2D eigenvalue weighted by atomic mass is 9.53. The Hall–Kier alpha value is -0.240. The van der Waals surface area contributed by atoms with E-state index in [2.05, 4.69) is 34.6 Å². The monoisotopic (exact) mass is 1300 g/mol. The largest absolute Gasteiger partial charge is 0.393 e. The lowest BCUT2D eigenvalue weighted by Gasteiger charge is -2.68. The Kier molecular flexibility index (Phi) is 62.6. The molecule has 0 aliphatic carbocycles. The van der Waals surface area contributed by atoms with Crippen molar-refractivity contribution in [2.45, 2.75) is 544 Å². The molecule has 0 aromatic rings. The number of hydrogen-bond acceptors (Lipinski definition) is 6. The molecule has 5 N–H and O–H groups in total. The van der Waals surface area contributed by atoms with E-state index in [4.69, 9.17) is 4.74 Å². The van der Waals surface area contributed by atoms with Crippen molar-refractivity contribution in [2.75, 3.05) is 6.61 Å². The van der Waals surface area contributed by atoms with Crippen molar-refractivity contribution in [2.24, 2.45) is 0 Å². The van der Waals surface area contributed by atoms with Crippen LogP contribution in [0.25, 0.3) is 0 Å². The third-order valence-electron chi connectivity index (χ3n) is 22.9. The van der Waals surface area contributed by atoms with Crippen molar-refractivity contribution in [1.82, 2.24) is 0 Å². The van der Waals surface area contributed by atoms with Gasteiger partial charge >= 0.3 is 0 Å². The smallest absolute Gasteiger partial charge is 0.198 e. The molecule has 5 atom stereocenters. The molecule has 1 saturated heterocycles. The Morgan fingerprint density at radius 1 is 0.174 bits per heavy atom. The van der Waals surface area contributed by atoms with Gasteiger partial charge in [0.2, 0.25) is 0 Å². The molecule has 0 radical (unpaired) electrons. The predicted octanol–water partition coefficient (Wildman–Crippen LogP) is 28.0. The summed E-state index contributed by atoms with van der Waals surface area (Å²) in [4.78, 5) is 0. The summed E-state index contributed by atoms with van der Waals surface area (Å²) in [6.45, 7) is 11.0. The van der Waals surface area contributed by atoms with Crippen LogP contribution in [0.1, 0.15) is 516 Å². The van der Waals surface area contributed by atoms with Crippen molar-refractivity contribution >= 4 is 0 Å². The lowest BCUT2D eigenvalue weighted by Crippen LogP contribution is -2.87. The van der Waals surface area contributed by atoms with Gasteiger partial charge < -0.3 is 30.3 Å². The van der Waals surface area contributed by atoms with Crippen LogP contribution in [0.3, 0.4) is 0 Å². The first-order valence-corrected chi connectivity index (χ1v) is 43.3. The van der Waals surface area contributed by atoms with Crippen molar-refractivity contribution in [3.63, 3.8) is 0 Å². The molecular formula is C86H172O6. The quantitative estimate of drug-likeness (QED) is 0.0388. The summed E-state index contributed by atoms with van der Waals surface area (Å²) in [5, 5.41) is 68.3. The summed E-state index contributed by atoms with van der Waals surface area (Å²) in [5.74, 6) is -2.12. The van der Waals surface area contributed by atoms with Gasteiger partial charge in [0.05, 0.1) is 6.61 Å². The molecule has 1 aliphatic heterocycles. The van der Waals surface area contributed by atoms with E-state index >= 15 is 0 Å². The highest BCUT2D eigenvalue weighted by molar-refractivity contribution is 5.27. The first-order chi connectivity index (χ1) is 45.1. The second-order valence-corrected chi connectivity index (χ2v) is 31.4. The highest BCUT2D eigenvalue weighted by atomic mass is 16.7. The van der Waals surface area contributed by atoms with Crippen molar-refractivity contribution in [1.29, 1.82) is 0 Å². The zero-order chi connectivity index (χ0) is 66.9. The Bertz CT molecular complexity index is 1470. The van der Waals surface area contributed by atoms with Gasteiger partial charge in [-0.25, -0.2) is 0 Å². The predicted molar refractivity (Wildman–Crippen MR) is 405 cm³/mol. The topological polar surface area (TPSA) is 110 Å². The molecule has 0 bridgehead atoms. The molecule has 0 spiro atoms. The summed E-state index contributed by atoms with van der Waals surface area (Å²) >= 11 is 0. The molecule has 1 aliphatic rings. The highest BCUT2D eigenvalue weighted by Gasteiger charge is 2.79. The second kappa shape index (κ2) is 64.2. The van der Waals surface area contributed by atoms with Crippen LogP contribution in [0.2, 0.25) is 0 Å². The van der Waals surface area contributed by atoms with Gasteiger partial charge in [-0.2, -0.15) is 0 Å². The van der Waals surface area contributed by atoms with E-state index in [1.165, 1.54) is 340 Å². The van der Waals surface area contributed by atoms with Crippen molar-refractivity contribution in [3.05, 3.63) is 0 Å². The summed E-state index contributed by atoms with van der Waals surface area (Å²) in [6.07, 6.45) is 87.1. The minimum atomic E-state index is -2.12. The van der Waals surface area contributed by atoms with Gasteiger partial charge in [-0.1, -0.05) is 478 Å². The minimum absolute atomic E-state index is 0.177. The van der Waals surface area contributed by atoms with Gasteiger partial charge in [-0.15, -0.1) is 0 Å². The van der Waals surface area contributed by atoms with E-state index < -0.39 is 34.8 Å². The van der Waals surface area contributed by atoms with E-state index in [1.807, 2.05) is 0 Å². The number of aliphatic hydroxyl groups excluding tert-OH is 1. The van der Waals surface area contributed by atoms with Crippen LogP contribution in [0, 0.1) is 0 Å². The number of hydrogen-bond donors (Lipinski definition) is 5. The van der Waals surface area contributed by atoms with Crippen molar-refractivity contribution < 1.29 is 30.3 Å². The molecule has 0 aromatic heterocycles. The summed E-state index contributed by atoms with van der Waals surface area (Å²) in [5.41, 5.74) is -7.75. The third-order valence-corrected chi connectivity index (χ3v) is 22.9. The minimum Gasteiger partial charge on any atom is -0.393 e. The van der Waals surface area contributed by atoms with Gasteiger partial charge in [-0.3, -0.25) is 0 Å². The van der Waals surface area contributed by atoms with E-state index in [0.717, 1.165) is 83.5 Å². The van der Waals surface area contributed by atoms with E-state index in [9.17, 15) is 25.5 Å². The van der Waals surface area contributed by atoms with Gasteiger partial charge in [0.15, 0.2) is 5.79 Å². The Labute approximate surface area is 578 Å². The van der Waals surface area contributed by atoms with Crippen molar-refractivity contribution in [3.8, 4) is 0 Å². The molecule has 0 saturated carbocycles. The zero-order valence-corrected chi connectivity index (χ0v) is 63.9. The molecule has 92 heavy (non-hydrogen) atoms. The van der Waals surface area contributed by atoms with Crippen LogP contribution in [0.4, 0.5) is 0 Å². The van der Waals surface area contributed by atoms with Crippen LogP contribution in [-0.4, -0.2) is 60.3 Å². The molecule has 1 fully saturated rings. The van der Waals surface area contributed by atoms with Crippen LogP contribution in [-0.2, 0) is 4.74 Å². The van der Waals surface area contributed by atoms with Gasteiger partial charge in [-0.05, 0) is 32.1 Å². The van der Waals surface area contributed by atoms with Gasteiger partial charge in [0.1, 0.15) is 22.4 Å². The third kappa shape index (κ3) is 42.0. The SMILES string of the molecule is CCCCCCCCCCCCCCCCC1(O)OC(CO)(CCCCCCCCCCCCCCCC)C(O)(CCCCCCCCCCCCCCCC)C(O)(CCCCCCCCCCCCCCCC)C1(O)CCCCCCCCCCCCCCCC. The van der Waals surface area contributed by atoms with E-state index in [1.54, 1.807) is 0 Å². The fraction of sp³-hybridized carbons (Fsp3) is 1.00. The average Bonchev–Trinajstić information content (AvgIpc) is 0.677. The maximum atomic E-state index is 14.3. The zero-order valence-electron chi connectivity index (χ0n) is 63.9. The lowest BCUT2D eigenvalue weighted by molar-refractivity contribution is -0.473. The van der Waals surface area contributed by atoms with E-state index in [0.29, 0.717) is 32.1 Å². The molecule has 552 valence electrons. The summed E-state index contributed by atoms with van der Waals surface area (Å²) in [7, 11) is 0. The number of rotatable bonds is 76. The average molecular weight is 1300 g/mol. The standard InChI is InChI=1S/C86H172O6/c1-6-11-16-21-26-31-36-41-46-51-56-61-66-71-76-82(81-87)83(88,77-72-67-62-57-52-47-42-37-32-27-22-17-12-7-2)84(89,78-73-68-63-58-53-48-43-38-33-28-23-18-13-8-3)85(90,79-74-69-64-59-54-49-44-39-34-29-24-19-14-9-4)86(91,92-82)80-75-70-65-60-55-50-45-40-35-30-25-20-15-10-5/h87-91H,6-81H2,1-5H3. The summed E-state index contributed by atoms with van der Waals surface area (Å²) < 4.78 is 7.27. The maximum Gasteiger partial charge on any atom is 0.198 e. The summed E-state index contributed by atoms with van der Waals surface area (Å²) in [6, 6.07) is 0.